The molecule has 0 rings (SSSR count). The average molecular weight is 209 g/mol. The van der Waals surface area contributed by atoms with E-state index in [0.29, 0.717) is 0 Å². The van der Waals surface area contributed by atoms with Crippen LogP contribution >= 0.6 is 0 Å². The van der Waals surface area contributed by atoms with Gasteiger partial charge < -0.3 is 10.8 Å². The molecular formula is C6H11NO5S. The van der Waals surface area contributed by atoms with Crippen molar-refractivity contribution >= 4 is 21.7 Å². The third kappa shape index (κ3) is 3.88. The molecule has 0 fully saturated rings. The number of amides is 1. The van der Waals surface area contributed by atoms with Gasteiger partial charge in [0.15, 0.2) is 15.1 Å². The number of sulfone groups is 1. The van der Waals surface area contributed by atoms with Gasteiger partial charge in [0.2, 0.25) is 5.91 Å². The smallest absolute Gasteiger partial charge is 0.321 e. The normalized spacial score (nSPS) is 13.6. The van der Waals surface area contributed by atoms with Gasteiger partial charge >= 0.3 is 5.97 Å². The standard InChI is InChI=1S/C6H11NO5S/c1-4(6(9)10)13(11,12)3-2-5(7)8/h4H,2-3H2,1H3,(H2,7,8)(H,9,10). The first-order valence-corrected chi connectivity index (χ1v) is 5.21. The van der Waals surface area contributed by atoms with Crippen LogP contribution in [0.2, 0.25) is 0 Å². The molecular weight excluding hydrogens is 198 g/mol. The number of hydrogen-bond donors (Lipinski definition) is 2. The lowest BCUT2D eigenvalue weighted by molar-refractivity contribution is -0.136. The Morgan fingerprint density at radius 1 is 1.46 bits per heavy atom. The molecule has 0 aliphatic rings. The molecule has 76 valence electrons. The Hall–Kier alpha value is -1.11. The Morgan fingerprint density at radius 2 is 1.92 bits per heavy atom. The number of carbonyl (C=O) groups is 2. The molecule has 6 nitrogen and oxygen atoms in total. The van der Waals surface area contributed by atoms with Crippen molar-refractivity contribution in [3.8, 4) is 0 Å². The van der Waals surface area contributed by atoms with Crippen molar-refractivity contribution in [2.75, 3.05) is 5.75 Å². The van der Waals surface area contributed by atoms with Crippen LogP contribution in [0.4, 0.5) is 0 Å². The minimum atomic E-state index is -3.75. The summed E-state index contributed by atoms with van der Waals surface area (Å²) in [6, 6.07) is 0. The van der Waals surface area contributed by atoms with E-state index in [4.69, 9.17) is 10.8 Å². The van der Waals surface area contributed by atoms with Crippen LogP contribution in [0.1, 0.15) is 13.3 Å². The Labute approximate surface area is 75.6 Å². The molecule has 0 aromatic heterocycles. The number of primary amides is 1. The quantitative estimate of drug-likeness (QED) is 0.587. The highest BCUT2D eigenvalue weighted by Gasteiger charge is 2.27. The van der Waals surface area contributed by atoms with Crippen LogP contribution in [0.3, 0.4) is 0 Å². The first kappa shape index (κ1) is 11.9. The van der Waals surface area contributed by atoms with Gasteiger partial charge in [-0.2, -0.15) is 0 Å². The molecule has 0 saturated heterocycles. The van der Waals surface area contributed by atoms with E-state index < -0.39 is 32.7 Å². The lowest BCUT2D eigenvalue weighted by Gasteiger charge is -2.06. The van der Waals surface area contributed by atoms with Crippen LogP contribution in [-0.2, 0) is 19.4 Å². The second-order valence-corrected chi connectivity index (χ2v) is 5.00. The number of aliphatic carboxylic acids is 1. The van der Waals surface area contributed by atoms with Crippen molar-refractivity contribution in [2.24, 2.45) is 5.73 Å². The zero-order valence-electron chi connectivity index (χ0n) is 7.06. The summed E-state index contributed by atoms with van der Waals surface area (Å²) in [6.45, 7) is 1.05. The number of hydrogen-bond acceptors (Lipinski definition) is 4. The second-order valence-electron chi connectivity index (χ2n) is 2.56. The molecule has 1 unspecified atom stereocenters. The van der Waals surface area contributed by atoms with Crippen LogP contribution in [0.25, 0.3) is 0 Å². The maximum atomic E-state index is 11.1. The largest absolute Gasteiger partial charge is 0.480 e. The molecule has 7 heteroatoms. The SMILES string of the molecule is CC(C(=O)O)S(=O)(=O)CCC(N)=O. The fourth-order valence-electron chi connectivity index (χ4n) is 0.573. The van der Waals surface area contributed by atoms with Gasteiger partial charge in [0, 0.05) is 6.42 Å². The van der Waals surface area contributed by atoms with E-state index in [1.165, 1.54) is 0 Å². The van der Waals surface area contributed by atoms with Crippen LogP contribution in [-0.4, -0.2) is 36.4 Å². The third-order valence-corrected chi connectivity index (χ3v) is 3.57. The van der Waals surface area contributed by atoms with Crippen molar-refractivity contribution in [1.29, 1.82) is 0 Å². The summed E-state index contributed by atoms with van der Waals surface area (Å²) in [5.74, 6) is -2.71. The highest BCUT2D eigenvalue weighted by atomic mass is 32.2. The second kappa shape index (κ2) is 4.22. The minimum absolute atomic E-state index is 0.347. The molecule has 0 bridgehead atoms. The van der Waals surface area contributed by atoms with E-state index in [1.54, 1.807) is 0 Å². The summed E-state index contributed by atoms with van der Waals surface area (Å²) in [6.07, 6.45) is -0.347. The van der Waals surface area contributed by atoms with E-state index in [0.717, 1.165) is 6.92 Å². The molecule has 3 N–H and O–H groups in total. The Kier molecular flexibility index (Phi) is 3.86. The van der Waals surface area contributed by atoms with E-state index in [2.05, 4.69) is 0 Å². The van der Waals surface area contributed by atoms with Crippen LogP contribution in [0, 0.1) is 0 Å². The van der Waals surface area contributed by atoms with Gasteiger partial charge in [0.05, 0.1) is 5.75 Å². The maximum Gasteiger partial charge on any atom is 0.321 e. The van der Waals surface area contributed by atoms with Crippen molar-refractivity contribution in [2.45, 2.75) is 18.6 Å². The van der Waals surface area contributed by atoms with Gasteiger partial charge in [-0.1, -0.05) is 0 Å². The number of carbonyl (C=O) groups excluding carboxylic acids is 1. The fraction of sp³-hybridized carbons (Fsp3) is 0.667. The lowest BCUT2D eigenvalue weighted by Crippen LogP contribution is -2.30. The molecule has 0 aliphatic heterocycles. The molecule has 1 atom stereocenters. The van der Waals surface area contributed by atoms with Gasteiger partial charge in [0.25, 0.3) is 0 Å². The fourth-order valence-corrected chi connectivity index (χ4v) is 1.72. The molecule has 0 heterocycles. The zero-order chi connectivity index (χ0) is 10.6. The predicted molar refractivity (Wildman–Crippen MR) is 44.7 cm³/mol. The van der Waals surface area contributed by atoms with E-state index >= 15 is 0 Å². The summed E-state index contributed by atoms with van der Waals surface area (Å²) < 4.78 is 22.2. The summed E-state index contributed by atoms with van der Waals surface area (Å²) in [4.78, 5) is 20.5. The van der Waals surface area contributed by atoms with Crippen molar-refractivity contribution in [3.05, 3.63) is 0 Å². The van der Waals surface area contributed by atoms with Crippen molar-refractivity contribution in [1.82, 2.24) is 0 Å². The van der Waals surface area contributed by atoms with Crippen molar-refractivity contribution < 1.29 is 23.1 Å². The zero-order valence-corrected chi connectivity index (χ0v) is 7.87. The maximum absolute atomic E-state index is 11.1. The number of carboxylic acids is 1. The van der Waals surface area contributed by atoms with Gasteiger partial charge in [-0.05, 0) is 6.92 Å². The number of carboxylic acid groups (broad SMARTS) is 1. The van der Waals surface area contributed by atoms with Crippen molar-refractivity contribution in [3.63, 3.8) is 0 Å². The predicted octanol–water partition coefficient (Wildman–Crippen LogP) is -1.25. The topological polar surface area (TPSA) is 115 Å². The highest BCUT2D eigenvalue weighted by Crippen LogP contribution is 2.03. The molecule has 1 amide bonds. The Morgan fingerprint density at radius 3 is 2.23 bits per heavy atom. The minimum Gasteiger partial charge on any atom is -0.480 e. The third-order valence-electron chi connectivity index (χ3n) is 1.52. The Balaban J connectivity index is 4.41. The average Bonchev–Trinajstić information content (AvgIpc) is 1.99. The van der Waals surface area contributed by atoms with Crippen LogP contribution in [0.15, 0.2) is 0 Å². The molecule has 0 aliphatic carbocycles. The first-order chi connectivity index (χ1) is 5.77. The number of nitrogens with two attached hydrogens (primary N) is 1. The van der Waals surface area contributed by atoms with Gasteiger partial charge in [0.1, 0.15) is 0 Å². The van der Waals surface area contributed by atoms with Gasteiger partial charge in [-0.3, -0.25) is 9.59 Å². The van der Waals surface area contributed by atoms with Crippen LogP contribution < -0.4 is 5.73 Å². The molecule has 0 radical (unpaired) electrons. The van der Waals surface area contributed by atoms with E-state index in [9.17, 15) is 18.0 Å². The van der Waals surface area contributed by atoms with E-state index in [-0.39, 0.29) is 6.42 Å². The Bertz CT molecular complexity index is 307. The van der Waals surface area contributed by atoms with Crippen LogP contribution in [0.5, 0.6) is 0 Å². The molecule has 0 spiro atoms. The summed E-state index contributed by atoms with van der Waals surface area (Å²) in [5.41, 5.74) is 4.73. The van der Waals surface area contributed by atoms with Gasteiger partial charge in [-0.15, -0.1) is 0 Å². The molecule has 13 heavy (non-hydrogen) atoms. The summed E-state index contributed by atoms with van der Waals surface area (Å²) in [7, 11) is -3.75. The monoisotopic (exact) mass is 209 g/mol. The first-order valence-electron chi connectivity index (χ1n) is 3.50. The summed E-state index contributed by atoms with van der Waals surface area (Å²) in [5, 5.41) is 6.89. The molecule has 0 aromatic rings. The lowest BCUT2D eigenvalue weighted by atomic mass is 10.5. The molecule has 0 aromatic carbocycles. The number of rotatable bonds is 5. The van der Waals surface area contributed by atoms with E-state index in [1.807, 2.05) is 0 Å². The summed E-state index contributed by atoms with van der Waals surface area (Å²) >= 11 is 0. The molecule has 0 saturated carbocycles. The highest BCUT2D eigenvalue weighted by molar-refractivity contribution is 7.92. The van der Waals surface area contributed by atoms with Gasteiger partial charge in [-0.25, -0.2) is 8.42 Å².